The lowest BCUT2D eigenvalue weighted by Crippen LogP contribution is -2.19. The van der Waals surface area contributed by atoms with Gasteiger partial charge in [0.25, 0.3) is 0 Å². The molecular formula is C19H16F3N3OS. The summed E-state index contributed by atoms with van der Waals surface area (Å²) in [5.74, 6) is -0.157. The summed E-state index contributed by atoms with van der Waals surface area (Å²) in [4.78, 5) is 17.1. The Hall–Kier alpha value is -2.87. The quantitative estimate of drug-likeness (QED) is 0.698. The van der Waals surface area contributed by atoms with E-state index in [4.69, 9.17) is 0 Å². The predicted molar refractivity (Wildman–Crippen MR) is 98.7 cm³/mol. The van der Waals surface area contributed by atoms with Gasteiger partial charge in [-0.2, -0.15) is 13.2 Å². The summed E-state index contributed by atoms with van der Waals surface area (Å²) in [5, 5.41) is 4.63. The third kappa shape index (κ3) is 4.85. The van der Waals surface area contributed by atoms with Crippen molar-refractivity contribution in [1.82, 2.24) is 4.57 Å². The Morgan fingerprint density at radius 2 is 1.78 bits per heavy atom. The van der Waals surface area contributed by atoms with E-state index in [0.29, 0.717) is 10.5 Å². The molecule has 1 heterocycles. The van der Waals surface area contributed by atoms with Gasteiger partial charge in [-0.15, -0.1) is 11.3 Å². The summed E-state index contributed by atoms with van der Waals surface area (Å²) in [5.41, 5.74) is 1.19. The molecule has 0 radical (unpaired) electrons. The van der Waals surface area contributed by atoms with E-state index >= 15 is 0 Å². The van der Waals surface area contributed by atoms with Crippen LogP contribution in [0.15, 0.2) is 65.0 Å². The molecule has 1 aromatic heterocycles. The number of nitrogens with zero attached hydrogens (tertiary/aromatic N) is 2. The smallest absolute Gasteiger partial charge is 0.326 e. The molecule has 3 rings (SSSR count). The largest absolute Gasteiger partial charge is 0.416 e. The molecule has 27 heavy (non-hydrogen) atoms. The number of halogens is 3. The maximum Gasteiger partial charge on any atom is 0.416 e. The van der Waals surface area contributed by atoms with E-state index in [2.05, 4.69) is 10.3 Å². The van der Waals surface area contributed by atoms with Crippen LogP contribution in [0.2, 0.25) is 0 Å². The van der Waals surface area contributed by atoms with Crippen LogP contribution in [0.4, 0.5) is 24.5 Å². The van der Waals surface area contributed by atoms with E-state index < -0.39 is 11.7 Å². The number of alkyl halides is 3. The molecule has 0 bridgehead atoms. The molecule has 0 saturated carbocycles. The Bertz CT molecular complexity index is 990. The maximum atomic E-state index is 12.6. The summed E-state index contributed by atoms with van der Waals surface area (Å²) in [6, 6.07) is 13.8. The lowest BCUT2D eigenvalue weighted by atomic mass is 10.2. The number of aromatic nitrogens is 1. The summed E-state index contributed by atoms with van der Waals surface area (Å²) < 4.78 is 39.6. The minimum atomic E-state index is -4.37. The minimum Gasteiger partial charge on any atom is -0.326 e. The zero-order valence-electron chi connectivity index (χ0n) is 14.3. The molecule has 140 valence electrons. The van der Waals surface area contributed by atoms with Crippen LogP contribution in [-0.4, -0.2) is 10.5 Å². The molecule has 1 N–H and O–H groups in total. The van der Waals surface area contributed by atoms with Gasteiger partial charge in [-0.3, -0.25) is 4.79 Å². The first-order valence-electron chi connectivity index (χ1n) is 8.03. The van der Waals surface area contributed by atoms with Gasteiger partial charge < -0.3 is 9.88 Å². The van der Waals surface area contributed by atoms with Gasteiger partial charge in [0, 0.05) is 23.8 Å². The fraction of sp³-hybridized carbons (Fsp3) is 0.158. The highest BCUT2D eigenvalue weighted by Crippen LogP contribution is 2.30. The van der Waals surface area contributed by atoms with Gasteiger partial charge in [0.15, 0.2) is 4.80 Å². The number of nitrogens with one attached hydrogen (secondary N) is 1. The van der Waals surface area contributed by atoms with E-state index in [-0.39, 0.29) is 12.3 Å². The van der Waals surface area contributed by atoms with Gasteiger partial charge in [0.05, 0.1) is 17.7 Å². The first-order chi connectivity index (χ1) is 12.8. The fourth-order valence-electron chi connectivity index (χ4n) is 2.39. The van der Waals surface area contributed by atoms with Crippen molar-refractivity contribution in [3.8, 4) is 0 Å². The molecule has 0 aliphatic carbocycles. The van der Waals surface area contributed by atoms with Crippen LogP contribution in [-0.2, 0) is 24.4 Å². The number of rotatable bonds is 4. The second-order valence-corrected chi connectivity index (χ2v) is 6.65. The molecule has 0 aliphatic rings. The van der Waals surface area contributed by atoms with Gasteiger partial charge in [-0.05, 0) is 36.4 Å². The molecule has 0 saturated heterocycles. The third-order valence-corrected chi connectivity index (χ3v) is 4.80. The number of carbonyl (C=O) groups is 1. The average molecular weight is 391 g/mol. The lowest BCUT2D eigenvalue weighted by molar-refractivity contribution is -0.137. The van der Waals surface area contributed by atoms with Gasteiger partial charge in [-0.1, -0.05) is 18.2 Å². The monoisotopic (exact) mass is 391 g/mol. The Morgan fingerprint density at radius 1 is 1.11 bits per heavy atom. The van der Waals surface area contributed by atoms with Crippen LogP contribution in [0.5, 0.6) is 0 Å². The van der Waals surface area contributed by atoms with Gasteiger partial charge in [-0.25, -0.2) is 4.99 Å². The highest BCUT2D eigenvalue weighted by atomic mass is 32.1. The van der Waals surface area contributed by atoms with Crippen molar-refractivity contribution in [2.75, 3.05) is 5.32 Å². The Balaban J connectivity index is 1.74. The van der Waals surface area contributed by atoms with E-state index in [9.17, 15) is 18.0 Å². The van der Waals surface area contributed by atoms with Crippen LogP contribution in [0.25, 0.3) is 0 Å². The summed E-state index contributed by atoms with van der Waals surface area (Å²) in [6.07, 6.45) is -4.20. The van der Waals surface area contributed by atoms with Gasteiger partial charge in [0.2, 0.25) is 5.91 Å². The van der Waals surface area contributed by atoms with Crippen molar-refractivity contribution >= 4 is 28.6 Å². The summed E-state index contributed by atoms with van der Waals surface area (Å²) in [7, 11) is 1.77. The second-order valence-electron chi connectivity index (χ2n) is 5.82. The van der Waals surface area contributed by atoms with Crippen molar-refractivity contribution in [2.45, 2.75) is 12.6 Å². The number of amides is 1. The predicted octanol–water partition coefficient (Wildman–Crippen LogP) is 4.52. The normalized spacial score (nSPS) is 12.2. The molecule has 0 spiro atoms. The molecule has 0 aliphatic heterocycles. The van der Waals surface area contributed by atoms with Crippen LogP contribution in [0.1, 0.15) is 11.3 Å². The molecule has 0 atom stereocenters. The first-order valence-corrected chi connectivity index (χ1v) is 8.91. The highest BCUT2D eigenvalue weighted by molar-refractivity contribution is 7.07. The van der Waals surface area contributed by atoms with Crippen molar-refractivity contribution in [3.63, 3.8) is 0 Å². The van der Waals surface area contributed by atoms with Gasteiger partial charge in [0.1, 0.15) is 0 Å². The minimum absolute atomic E-state index is 0.157. The highest BCUT2D eigenvalue weighted by Gasteiger charge is 2.29. The SMILES string of the molecule is Cn1c(CC(=O)Nc2ccccc2)csc1=Nc1ccc(C(F)(F)F)cc1. The van der Waals surface area contributed by atoms with Gasteiger partial charge >= 0.3 is 6.18 Å². The summed E-state index contributed by atoms with van der Waals surface area (Å²) in [6.45, 7) is 0. The number of hydrogen-bond acceptors (Lipinski definition) is 3. The third-order valence-electron chi connectivity index (χ3n) is 3.84. The molecule has 2 aromatic carbocycles. The molecule has 1 amide bonds. The van der Waals surface area contributed by atoms with Crippen molar-refractivity contribution in [2.24, 2.45) is 12.0 Å². The van der Waals surface area contributed by atoms with Crippen molar-refractivity contribution in [1.29, 1.82) is 0 Å². The number of para-hydroxylation sites is 1. The van der Waals surface area contributed by atoms with Crippen LogP contribution in [0, 0.1) is 0 Å². The maximum absolute atomic E-state index is 12.6. The fourth-order valence-corrected chi connectivity index (χ4v) is 3.31. The molecule has 3 aromatic rings. The lowest BCUT2D eigenvalue weighted by Gasteiger charge is -2.06. The zero-order valence-corrected chi connectivity index (χ0v) is 15.1. The number of hydrogen-bond donors (Lipinski definition) is 1. The number of anilines is 1. The van der Waals surface area contributed by atoms with Crippen molar-refractivity contribution < 1.29 is 18.0 Å². The summed E-state index contributed by atoms with van der Waals surface area (Å²) >= 11 is 1.32. The number of thiazole rings is 1. The van der Waals surface area contributed by atoms with E-state index in [1.54, 1.807) is 23.7 Å². The average Bonchev–Trinajstić information content (AvgIpc) is 2.95. The molecule has 0 fully saturated rings. The Kier molecular flexibility index (Phi) is 5.46. The van der Waals surface area contributed by atoms with E-state index in [1.165, 1.54) is 23.5 Å². The Morgan fingerprint density at radius 3 is 2.41 bits per heavy atom. The van der Waals surface area contributed by atoms with Crippen molar-refractivity contribution in [3.05, 3.63) is 76.0 Å². The second kappa shape index (κ2) is 7.79. The van der Waals surface area contributed by atoms with Crippen LogP contribution < -0.4 is 10.1 Å². The molecule has 0 unspecified atom stereocenters. The standard InChI is InChI=1S/C19H16F3N3OS/c1-25-16(11-17(26)23-14-5-3-2-4-6-14)12-27-18(25)24-15-9-7-13(8-10-15)19(20,21)22/h2-10,12H,11H2,1H3,(H,23,26). The van der Waals surface area contributed by atoms with E-state index in [1.807, 2.05) is 23.6 Å². The van der Waals surface area contributed by atoms with Crippen LogP contribution >= 0.6 is 11.3 Å². The number of benzene rings is 2. The zero-order chi connectivity index (χ0) is 19.4. The molecular weight excluding hydrogens is 375 g/mol. The van der Waals surface area contributed by atoms with E-state index in [0.717, 1.165) is 23.5 Å². The Labute approximate surface area is 157 Å². The molecule has 8 heteroatoms. The first kappa shape index (κ1) is 18.9. The topological polar surface area (TPSA) is 46.4 Å². The van der Waals surface area contributed by atoms with Crippen LogP contribution in [0.3, 0.4) is 0 Å². The number of carbonyl (C=O) groups excluding carboxylic acids is 1. The molecule has 4 nitrogen and oxygen atoms in total.